The molecule has 0 saturated carbocycles. The lowest BCUT2D eigenvalue weighted by Crippen LogP contribution is -2.45. The number of likely N-dealkylation sites (tertiary alicyclic amines) is 1. The first kappa shape index (κ1) is 13.7. The van der Waals surface area contributed by atoms with Crippen LogP contribution in [-0.2, 0) is 9.22 Å². The molecule has 1 heterocycles. The van der Waals surface area contributed by atoms with Gasteiger partial charge in [-0.25, -0.2) is 0 Å². The van der Waals surface area contributed by atoms with Gasteiger partial charge in [0.25, 0.3) is 0 Å². The van der Waals surface area contributed by atoms with Crippen molar-refractivity contribution in [1.29, 1.82) is 0 Å². The quantitative estimate of drug-likeness (QED) is 0.697. The fourth-order valence-corrected chi connectivity index (χ4v) is 3.11. The second kappa shape index (κ2) is 4.15. The number of rotatable bonds is 2. The van der Waals surface area contributed by atoms with E-state index < -0.39 is 8.32 Å². The zero-order valence-corrected chi connectivity index (χ0v) is 12.6. The molecule has 1 saturated heterocycles. The van der Waals surface area contributed by atoms with Crippen LogP contribution in [0.15, 0.2) is 0 Å². The first-order valence-corrected chi connectivity index (χ1v) is 8.90. The molecule has 16 heavy (non-hydrogen) atoms. The fraction of sp³-hybridized carbons (Fsp3) is 0.917. The van der Waals surface area contributed by atoms with Crippen LogP contribution in [0.5, 0.6) is 0 Å². The molecular weight excluding hydrogens is 218 g/mol. The number of carbonyl (C=O) groups is 1. The molecule has 94 valence electrons. The van der Waals surface area contributed by atoms with Crippen LogP contribution in [-0.4, -0.2) is 38.8 Å². The van der Waals surface area contributed by atoms with E-state index in [1.807, 2.05) is 14.0 Å². The van der Waals surface area contributed by atoms with Gasteiger partial charge in [-0.1, -0.05) is 27.7 Å². The number of likely N-dealkylation sites (N-methyl/N-ethyl adjacent to an activating group) is 1. The van der Waals surface area contributed by atoms with E-state index >= 15 is 0 Å². The molecule has 0 unspecified atom stereocenters. The number of carbonyl (C=O) groups excluding carboxylic acids is 1. The molecular formula is C12H25NO2Si. The van der Waals surface area contributed by atoms with Crippen molar-refractivity contribution in [2.24, 2.45) is 5.92 Å². The van der Waals surface area contributed by atoms with Crippen molar-refractivity contribution < 1.29 is 9.22 Å². The molecule has 0 aliphatic carbocycles. The van der Waals surface area contributed by atoms with Crippen LogP contribution in [0.2, 0.25) is 18.1 Å². The summed E-state index contributed by atoms with van der Waals surface area (Å²) in [5.74, 6) is 0.225. The van der Waals surface area contributed by atoms with Crippen molar-refractivity contribution in [2.75, 3.05) is 13.6 Å². The van der Waals surface area contributed by atoms with Gasteiger partial charge in [-0.05, 0) is 18.1 Å². The Labute approximate surface area is 100 Å². The van der Waals surface area contributed by atoms with Gasteiger partial charge in [0, 0.05) is 13.6 Å². The van der Waals surface area contributed by atoms with Gasteiger partial charge in [-0.2, -0.15) is 0 Å². The van der Waals surface area contributed by atoms with E-state index in [1.165, 1.54) is 0 Å². The number of nitrogens with zero attached hydrogens (tertiary/aromatic N) is 1. The molecule has 0 aromatic rings. The van der Waals surface area contributed by atoms with Gasteiger partial charge >= 0.3 is 0 Å². The lowest BCUT2D eigenvalue weighted by atomic mass is 10.1. The Bertz CT molecular complexity index is 283. The predicted octanol–water partition coefficient (Wildman–Crippen LogP) is 2.48. The van der Waals surface area contributed by atoms with Gasteiger partial charge in [-0.3, -0.25) is 4.79 Å². The highest BCUT2D eigenvalue weighted by atomic mass is 28.4. The summed E-state index contributed by atoms with van der Waals surface area (Å²) in [4.78, 5) is 13.5. The second-order valence-corrected chi connectivity index (χ2v) is 11.2. The number of amides is 1. The molecule has 2 atom stereocenters. The van der Waals surface area contributed by atoms with Crippen molar-refractivity contribution in [3.63, 3.8) is 0 Å². The Hall–Kier alpha value is -0.353. The zero-order chi connectivity index (χ0) is 12.7. The minimum Gasteiger partial charge on any atom is -0.411 e. The summed E-state index contributed by atoms with van der Waals surface area (Å²) in [6, 6.07) is 0. The Kier molecular flexibility index (Phi) is 3.55. The topological polar surface area (TPSA) is 29.5 Å². The third kappa shape index (κ3) is 2.48. The van der Waals surface area contributed by atoms with Gasteiger partial charge in [-0.15, -0.1) is 0 Å². The maximum Gasteiger partial charge on any atom is 0.227 e. The highest BCUT2D eigenvalue weighted by molar-refractivity contribution is 6.74. The molecule has 0 aromatic carbocycles. The Morgan fingerprint density at radius 2 is 1.88 bits per heavy atom. The van der Waals surface area contributed by atoms with E-state index in [1.54, 1.807) is 4.90 Å². The molecule has 0 radical (unpaired) electrons. The Morgan fingerprint density at radius 1 is 1.38 bits per heavy atom. The Balaban J connectivity index is 2.73. The SMILES string of the molecule is C[C@@H]1C(=O)N(C)C[C@@H]1O[Si](C)(C)C(C)(C)C. The summed E-state index contributed by atoms with van der Waals surface area (Å²) in [6.45, 7) is 13.9. The van der Waals surface area contributed by atoms with Gasteiger partial charge in [0.05, 0.1) is 12.0 Å². The first-order chi connectivity index (χ1) is 7.06. The van der Waals surface area contributed by atoms with Crippen molar-refractivity contribution in [2.45, 2.75) is 51.9 Å². The largest absolute Gasteiger partial charge is 0.411 e. The van der Waals surface area contributed by atoms with Crippen molar-refractivity contribution in [1.82, 2.24) is 4.90 Å². The number of hydrogen-bond acceptors (Lipinski definition) is 2. The number of hydrogen-bond donors (Lipinski definition) is 0. The molecule has 1 aliphatic heterocycles. The molecule has 1 aliphatic rings. The highest BCUT2D eigenvalue weighted by Gasteiger charge is 2.44. The monoisotopic (exact) mass is 243 g/mol. The van der Waals surface area contributed by atoms with E-state index in [0.717, 1.165) is 6.54 Å². The average Bonchev–Trinajstić information content (AvgIpc) is 2.31. The van der Waals surface area contributed by atoms with Crippen molar-refractivity contribution in [3.8, 4) is 0 Å². The van der Waals surface area contributed by atoms with E-state index in [9.17, 15) is 4.79 Å². The molecule has 4 heteroatoms. The van der Waals surface area contributed by atoms with E-state index in [4.69, 9.17) is 4.43 Å². The first-order valence-electron chi connectivity index (χ1n) is 5.99. The molecule has 0 N–H and O–H groups in total. The van der Waals surface area contributed by atoms with Crippen LogP contribution in [0.1, 0.15) is 27.7 Å². The lowest BCUT2D eigenvalue weighted by molar-refractivity contribution is -0.129. The lowest BCUT2D eigenvalue weighted by Gasteiger charge is -2.38. The minimum atomic E-state index is -1.75. The summed E-state index contributed by atoms with van der Waals surface area (Å²) in [5.41, 5.74) is 0. The fourth-order valence-electron chi connectivity index (χ4n) is 1.72. The predicted molar refractivity (Wildman–Crippen MR) is 68.9 cm³/mol. The highest BCUT2D eigenvalue weighted by Crippen LogP contribution is 2.39. The van der Waals surface area contributed by atoms with Crippen LogP contribution < -0.4 is 0 Å². The zero-order valence-electron chi connectivity index (χ0n) is 11.6. The third-order valence-corrected chi connectivity index (χ3v) is 8.53. The summed E-state index contributed by atoms with van der Waals surface area (Å²) in [6.07, 6.45) is 0.0818. The second-order valence-electron chi connectivity index (χ2n) is 6.42. The van der Waals surface area contributed by atoms with Crippen LogP contribution in [0.25, 0.3) is 0 Å². The van der Waals surface area contributed by atoms with Crippen LogP contribution in [0.3, 0.4) is 0 Å². The normalized spacial score (nSPS) is 27.7. The van der Waals surface area contributed by atoms with Gasteiger partial charge in [0.2, 0.25) is 5.91 Å². The standard InChI is InChI=1S/C12H25NO2Si/c1-9-10(8-13(5)11(9)14)15-16(6,7)12(2,3)4/h9-10H,8H2,1-7H3/t9-,10-/m0/s1. The van der Waals surface area contributed by atoms with Crippen LogP contribution >= 0.6 is 0 Å². The molecule has 0 aromatic heterocycles. The summed E-state index contributed by atoms with van der Waals surface area (Å²) < 4.78 is 6.29. The summed E-state index contributed by atoms with van der Waals surface area (Å²) in [7, 11) is 0.105. The summed E-state index contributed by atoms with van der Waals surface area (Å²) in [5, 5.41) is 0.205. The van der Waals surface area contributed by atoms with E-state index in [-0.39, 0.29) is 23.0 Å². The van der Waals surface area contributed by atoms with Gasteiger partial charge in [0.15, 0.2) is 8.32 Å². The summed E-state index contributed by atoms with van der Waals surface area (Å²) >= 11 is 0. The molecule has 3 nitrogen and oxygen atoms in total. The minimum absolute atomic E-state index is 0.0131. The van der Waals surface area contributed by atoms with Crippen molar-refractivity contribution >= 4 is 14.2 Å². The van der Waals surface area contributed by atoms with Crippen LogP contribution in [0, 0.1) is 5.92 Å². The van der Waals surface area contributed by atoms with Gasteiger partial charge < -0.3 is 9.33 Å². The van der Waals surface area contributed by atoms with E-state index in [0.29, 0.717) is 0 Å². The maximum absolute atomic E-state index is 11.7. The maximum atomic E-state index is 11.7. The van der Waals surface area contributed by atoms with Crippen molar-refractivity contribution in [3.05, 3.63) is 0 Å². The molecule has 1 rings (SSSR count). The molecule has 0 spiro atoms. The van der Waals surface area contributed by atoms with E-state index in [2.05, 4.69) is 33.9 Å². The molecule has 0 bridgehead atoms. The smallest absolute Gasteiger partial charge is 0.227 e. The Morgan fingerprint density at radius 3 is 2.19 bits per heavy atom. The van der Waals surface area contributed by atoms with Crippen LogP contribution in [0.4, 0.5) is 0 Å². The average molecular weight is 243 g/mol. The third-order valence-electron chi connectivity index (χ3n) is 4.03. The van der Waals surface area contributed by atoms with Gasteiger partial charge in [0.1, 0.15) is 0 Å². The molecule has 1 amide bonds. The molecule has 1 fully saturated rings.